The molecule has 0 amide bonds. The normalized spacial score (nSPS) is 12.0. The third-order valence-corrected chi connectivity index (χ3v) is 2.08. The molecule has 0 aromatic heterocycles. The van der Waals surface area contributed by atoms with Crippen molar-refractivity contribution in [3.8, 4) is 5.75 Å². The van der Waals surface area contributed by atoms with Gasteiger partial charge in [0, 0.05) is 0 Å². The lowest BCUT2D eigenvalue weighted by atomic mass is 10.1. The van der Waals surface area contributed by atoms with E-state index in [1.54, 1.807) is 6.92 Å². The fourth-order valence-corrected chi connectivity index (χ4v) is 1.17. The molecule has 1 aromatic carbocycles. The zero-order valence-electron chi connectivity index (χ0n) is 9.53. The SMILES string of the molecule is CC(C)=CCOc1cccc([C@@H](C)O)c1. The summed E-state index contributed by atoms with van der Waals surface area (Å²) in [7, 11) is 0. The molecule has 2 nitrogen and oxygen atoms in total. The van der Waals surface area contributed by atoms with E-state index in [0.717, 1.165) is 11.3 Å². The van der Waals surface area contributed by atoms with E-state index < -0.39 is 6.10 Å². The van der Waals surface area contributed by atoms with Gasteiger partial charge in [-0.05, 0) is 44.5 Å². The van der Waals surface area contributed by atoms with Crippen LogP contribution in [0, 0.1) is 0 Å². The Morgan fingerprint density at radius 3 is 2.80 bits per heavy atom. The van der Waals surface area contributed by atoms with Crippen molar-refractivity contribution in [1.82, 2.24) is 0 Å². The third kappa shape index (κ3) is 4.17. The van der Waals surface area contributed by atoms with Gasteiger partial charge in [-0.2, -0.15) is 0 Å². The standard InChI is InChI=1S/C13H18O2/c1-10(2)7-8-15-13-6-4-5-12(9-13)11(3)14/h4-7,9,11,14H,8H2,1-3H3/t11-/m1/s1. The Kier molecular flexibility index (Phi) is 4.37. The van der Waals surface area contributed by atoms with Crippen LogP contribution in [-0.2, 0) is 0 Å². The maximum atomic E-state index is 9.39. The lowest BCUT2D eigenvalue weighted by molar-refractivity contribution is 0.198. The molecule has 0 fully saturated rings. The van der Waals surface area contributed by atoms with Crippen LogP contribution in [-0.4, -0.2) is 11.7 Å². The largest absolute Gasteiger partial charge is 0.490 e. The smallest absolute Gasteiger partial charge is 0.120 e. The summed E-state index contributed by atoms with van der Waals surface area (Å²) in [6.45, 7) is 6.39. The van der Waals surface area contributed by atoms with Gasteiger partial charge in [-0.15, -0.1) is 0 Å². The summed E-state index contributed by atoms with van der Waals surface area (Å²) in [4.78, 5) is 0. The Morgan fingerprint density at radius 2 is 2.20 bits per heavy atom. The first-order valence-corrected chi connectivity index (χ1v) is 5.14. The topological polar surface area (TPSA) is 29.5 Å². The van der Waals surface area contributed by atoms with Gasteiger partial charge in [-0.25, -0.2) is 0 Å². The molecule has 0 saturated heterocycles. The van der Waals surface area contributed by atoms with Gasteiger partial charge in [0.05, 0.1) is 6.10 Å². The van der Waals surface area contributed by atoms with E-state index in [1.807, 2.05) is 44.2 Å². The van der Waals surface area contributed by atoms with Crippen LogP contribution in [0.15, 0.2) is 35.9 Å². The first-order chi connectivity index (χ1) is 7.09. The molecule has 1 aromatic rings. The van der Waals surface area contributed by atoms with Crippen molar-refractivity contribution in [3.63, 3.8) is 0 Å². The molecule has 1 atom stereocenters. The molecule has 1 rings (SSSR count). The maximum Gasteiger partial charge on any atom is 0.120 e. The van der Waals surface area contributed by atoms with Crippen LogP contribution < -0.4 is 4.74 Å². The number of allylic oxidation sites excluding steroid dienone is 1. The first-order valence-electron chi connectivity index (χ1n) is 5.14. The van der Waals surface area contributed by atoms with Crippen LogP contribution in [0.4, 0.5) is 0 Å². The van der Waals surface area contributed by atoms with Gasteiger partial charge < -0.3 is 9.84 Å². The minimum atomic E-state index is -0.447. The van der Waals surface area contributed by atoms with Crippen molar-refractivity contribution in [2.45, 2.75) is 26.9 Å². The van der Waals surface area contributed by atoms with Gasteiger partial charge in [0.25, 0.3) is 0 Å². The molecule has 0 aliphatic heterocycles. The molecular weight excluding hydrogens is 188 g/mol. The maximum absolute atomic E-state index is 9.39. The molecule has 0 heterocycles. The van der Waals surface area contributed by atoms with E-state index in [4.69, 9.17) is 4.74 Å². The van der Waals surface area contributed by atoms with E-state index in [2.05, 4.69) is 0 Å². The molecule has 0 saturated carbocycles. The number of aliphatic hydroxyl groups is 1. The highest BCUT2D eigenvalue weighted by Gasteiger charge is 2.01. The van der Waals surface area contributed by atoms with Crippen LogP contribution in [0.25, 0.3) is 0 Å². The predicted molar refractivity (Wildman–Crippen MR) is 62.0 cm³/mol. The number of hydrogen-bond acceptors (Lipinski definition) is 2. The number of rotatable bonds is 4. The molecule has 0 aliphatic carbocycles. The second kappa shape index (κ2) is 5.56. The highest BCUT2D eigenvalue weighted by Crippen LogP contribution is 2.18. The van der Waals surface area contributed by atoms with Crippen molar-refractivity contribution >= 4 is 0 Å². The van der Waals surface area contributed by atoms with Crippen LogP contribution >= 0.6 is 0 Å². The van der Waals surface area contributed by atoms with Gasteiger partial charge in [0.15, 0.2) is 0 Å². The van der Waals surface area contributed by atoms with E-state index in [0.29, 0.717) is 6.61 Å². The Balaban J connectivity index is 2.62. The van der Waals surface area contributed by atoms with Crippen LogP contribution in [0.3, 0.4) is 0 Å². The fourth-order valence-electron chi connectivity index (χ4n) is 1.17. The van der Waals surface area contributed by atoms with Gasteiger partial charge in [0.2, 0.25) is 0 Å². The molecule has 82 valence electrons. The molecule has 0 spiro atoms. The van der Waals surface area contributed by atoms with Crippen molar-refractivity contribution in [2.24, 2.45) is 0 Å². The monoisotopic (exact) mass is 206 g/mol. The molecule has 0 bridgehead atoms. The van der Waals surface area contributed by atoms with E-state index >= 15 is 0 Å². The number of ether oxygens (including phenoxy) is 1. The molecular formula is C13H18O2. The second-order valence-electron chi connectivity index (χ2n) is 3.84. The van der Waals surface area contributed by atoms with E-state index in [-0.39, 0.29) is 0 Å². The van der Waals surface area contributed by atoms with Crippen molar-refractivity contribution in [2.75, 3.05) is 6.61 Å². The molecule has 15 heavy (non-hydrogen) atoms. The average Bonchev–Trinajstić information content (AvgIpc) is 2.17. The summed E-state index contributed by atoms with van der Waals surface area (Å²) >= 11 is 0. The predicted octanol–water partition coefficient (Wildman–Crippen LogP) is 3.08. The highest BCUT2D eigenvalue weighted by molar-refractivity contribution is 5.29. The lowest BCUT2D eigenvalue weighted by Gasteiger charge is -2.08. The molecule has 0 unspecified atom stereocenters. The summed E-state index contributed by atoms with van der Waals surface area (Å²) in [6.07, 6.45) is 1.58. The van der Waals surface area contributed by atoms with E-state index in [9.17, 15) is 5.11 Å². The third-order valence-electron chi connectivity index (χ3n) is 2.08. The fraction of sp³-hybridized carbons (Fsp3) is 0.385. The quantitative estimate of drug-likeness (QED) is 0.767. The van der Waals surface area contributed by atoms with Crippen LogP contribution in [0.5, 0.6) is 5.75 Å². The van der Waals surface area contributed by atoms with Crippen molar-refractivity contribution in [1.29, 1.82) is 0 Å². The van der Waals surface area contributed by atoms with Gasteiger partial charge in [-0.1, -0.05) is 17.7 Å². The second-order valence-corrected chi connectivity index (χ2v) is 3.84. The zero-order chi connectivity index (χ0) is 11.3. The molecule has 1 N–H and O–H groups in total. The lowest BCUT2D eigenvalue weighted by Crippen LogP contribution is -1.96. The van der Waals surface area contributed by atoms with Gasteiger partial charge >= 0.3 is 0 Å². The van der Waals surface area contributed by atoms with Crippen LogP contribution in [0.1, 0.15) is 32.4 Å². The van der Waals surface area contributed by atoms with E-state index in [1.165, 1.54) is 5.57 Å². The molecule has 0 radical (unpaired) electrons. The Morgan fingerprint density at radius 1 is 1.47 bits per heavy atom. The minimum absolute atomic E-state index is 0.447. The van der Waals surface area contributed by atoms with Gasteiger partial charge in [0.1, 0.15) is 12.4 Å². The Labute approximate surface area is 91.2 Å². The Hall–Kier alpha value is -1.28. The van der Waals surface area contributed by atoms with Crippen molar-refractivity contribution in [3.05, 3.63) is 41.5 Å². The Bertz CT molecular complexity index is 336. The minimum Gasteiger partial charge on any atom is -0.490 e. The number of hydrogen-bond donors (Lipinski definition) is 1. The number of benzene rings is 1. The summed E-state index contributed by atoms with van der Waals surface area (Å²) in [6, 6.07) is 7.53. The number of aliphatic hydroxyl groups excluding tert-OH is 1. The summed E-state index contributed by atoms with van der Waals surface area (Å²) < 4.78 is 5.52. The van der Waals surface area contributed by atoms with Crippen LogP contribution in [0.2, 0.25) is 0 Å². The van der Waals surface area contributed by atoms with Gasteiger partial charge in [-0.3, -0.25) is 0 Å². The first kappa shape index (κ1) is 11.8. The molecule has 0 aliphatic rings. The summed E-state index contributed by atoms with van der Waals surface area (Å²) in [5.74, 6) is 0.797. The van der Waals surface area contributed by atoms with Crippen molar-refractivity contribution < 1.29 is 9.84 Å². The zero-order valence-corrected chi connectivity index (χ0v) is 9.53. The summed E-state index contributed by atoms with van der Waals surface area (Å²) in [5.41, 5.74) is 2.12. The summed E-state index contributed by atoms with van der Waals surface area (Å²) in [5, 5.41) is 9.39. The molecule has 2 heteroatoms. The average molecular weight is 206 g/mol. The highest BCUT2D eigenvalue weighted by atomic mass is 16.5.